The van der Waals surface area contributed by atoms with Gasteiger partial charge in [0.2, 0.25) is 5.91 Å². The molecule has 0 bridgehead atoms. The van der Waals surface area contributed by atoms with Crippen molar-refractivity contribution in [2.75, 3.05) is 44.2 Å². The number of carbonyl (C=O) groups is 1. The molecular formula is C26H33Cl2N5O. The minimum atomic E-state index is -0.192. The number of nitrogens with zero attached hydrogens (tertiary/aromatic N) is 4. The Morgan fingerprint density at radius 3 is 2.59 bits per heavy atom. The van der Waals surface area contributed by atoms with Gasteiger partial charge in [0.15, 0.2) is 0 Å². The van der Waals surface area contributed by atoms with Gasteiger partial charge in [0, 0.05) is 62.8 Å². The zero-order valence-electron chi connectivity index (χ0n) is 19.5. The Morgan fingerprint density at radius 2 is 1.88 bits per heavy atom. The van der Waals surface area contributed by atoms with Crippen molar-refractivity contribution in [2.45, 2.75) is 49.6 Å². The minimum Gasteiger partial charge on any atom is -0.328 e. The second kappa shape index (κ2) is 10.1. The molecule has 0 aliphatic carbocycles. The van der Waals surface area contributed by atoms with Crippen LogP contribution < -0.4 is 10.6 Å². The molecule has 2 aromatic rings. The zero-order chi connectivity index (χ0) is 23.7. The fourth-order valence-corrected chi connectivity index (χ4v) is 5.99. The number of aromatic nitrogens is 1. The number of likely N-dealkylation sites (tertiary alicyclic amines) is 2. The van der Waals surface area contributed by atoms with Crippen LogP contribution in [0.25, 0.3) is 0 Å². The molecule has 182 valence electrons. The molecule has 0 saturated carbocycles. The van der Waals surface area contributed by atoms with Crippen molar-refractivity contribution in [2.24, 2.45) is 5.73 Å². The molecule has 3 aliphatic rings. The Labute approximate surface area is 212 Å². The molecule has 3 saturated heterocycles. The van der Waals surface area contributed by atoms with Crippen LogP contribution in [0.3, 0.4) is 0 Å². The molecule has 0 radical (unpaired) electrons. The molecule has 1 atom stereocenters. The Morgan fingerprint density at radius 1 is 1.09 bits per heavy atom. The van der Waals surface area contributed by atoms with E-state index in [9.17, 15) is 4.79 Å². The van der Waals surface area contributed by atoms with Crippen molar-refractivity contribution in [3.8, 4) is 0 Å². The lowest BCUT2D eigenvalue weighted by molar-refractivity contribution is -0.120. The summed E-state index contributed by atoms with van der Waals surface area (Å²) in [4.78, 5) is 24.4. The monoisotopic (exact) mass is 501 g/mol. The van der Waals surface area contributed by atoms with Gasteiger partial charge in [0.25, 0.3) is 0 Å². The number of rotatable bonds is 6. The van der Waals surface area contributed by atoms with Gasteiger partial charge in [0.05, 0.1) is 10.0 Å². The standard InChI is InChI=1S/C26H33Cl2N5O/c27-22-5-4-19(15-23(22)28)26(9-6-25(34)33(18-26)24-3-1-2-11-30-24)10-14-31-16-21(17-31)32-12-7-20(29)8-13-32/h1-5,11,15,20-21H,6-10,12-14,16-18,29H2. The smallest absolute Gasteiger partial charge is 0.228 e. The highest BCUT2D eigenvalue weighted by Crippen LogP contribution is 2.41. The number of anilines is 1. The highest BCUT2D eigenvalue weighted by atomic mass is 35.5. The van der Waals surface area contributed by atoms with Crippen LogP contribution in [0.1, 0.15) is 37.7 Å². The third-order valence-electron chi connectivity index (χ3n) is 7.97. The maximum absolute atomic E-state index is 12.9. The molecule has 34 heavy (non-hydrogen) atoms. The molecule has 1 amide bonds. The fourth-order valence-electron chi connectivity index (χ4n) is 5.70. The number of halogens is 2. The van der Waals surface area contributed by atoms with Crippen LogP contribution in [0, 0.1) is 0 Å². The molecule has 2 N–H and O–H groups in total. The summed E-state index contributed by atoms with van der Waals surface area (Å²) in [5.74, 6) is 0.839. The average Bonchev–Trinajstić information content (AvgIpc) is 2.82. The Hall–Kier alpha value is -1.70. The van der Waals surface area contributed by atoms with E-state index < -0.39 is 0 Å². The fraction of sp³-hybridized carbons (Fsp3) is 0.538. The van der Waals surface area contributed by atoms with E-state index in [2.05, 4.69) is 20.9 Å². The number of piperidine rings is 2. The van der Waals surface area contributed by atoms with Gasteiger partial charge in [-0.3, -0.25) is 14.6 Å². The van der Waals surface area contributed by atoms with E-state index in [0.717, 1.165) is 64.0 Å². The van der Waals surface area contributed by atoms with E-state index in [1.807, 2.05) is 35.2 Å². The number of hydrogen-bond acceptors (Lipinski definition) is 5. The summed E-state index contributed by atoms with van der Waals surface area (Å²) in [5.41, 5.74) is 7.04. The molecule has 5 rings (SSSR count). The third kappa shape index (κ3) is 4.98. The van der Waals surface area contributed by atoms with Crippen LogP contribution in [0.5, 0.6) is 0 Å². The lowest BCUT2D eigenvalue weighted by atomic mass is 9.71. The molecule has 3 aliphatic heterocycles. The molecule has 1 aromatic heterocycles. The van der Waals surface area contributed by atoms with Crippen molar-refractivity contribution >= 4 is 34.9 Å². The minimum absolute atomic E-state index is 0.127. The lowest BCUT2D eigenvalue weighted by Gasteiger charge is -2.49. The number of benzene rings is 1. The topological polar surface area (TPSA) is 65.7 Å². The van der Waals surface area contributed by atoms with Crippen LogP contribution in [0.4, 0.5) is 5.82 Å². The maximum atomic E-state index is 12.9. The van der Waals surface area contributed by atoms with Crippen molar-refractivity contribution in [3.63, 3.8) is 0 Å². The van der Waals surface area contributed by atoms with E-state index in [1.54, 1.807) is 6.20 Å². The first-order valence-corrected chi connectivity index (χ1v) is 13.1. The van der Waals surface area contributed by atoms with Gasteiger partial charge < -0.3 is 10.6 Å². The van der Waals surface area contributed by atoms with Crippen molar-refractivity contribution < 1.29 is 4.79 Å². The van der Waals surface area contributed by atoms with Crippen LogP contribution >= 0.6 is 23.2 Å². The average molecular weight is 502 g/mol. The van der Waals surface area contributed by atoms with Gasteiger partial charge in [0.1, 0.15) is 5.82 Å². The van der Waals surface area contributed by atoms with Gasteiger partial charge >= 0.3 is 0 Å². The molecular weight excluding hydrogens is 469 g/mol. The van der Waals surface area contributed by atoms with Crippen molar-refractivity contribution in [3.05, 3.63) is 58.2 Å². The van der Waals surface area contributed by atoms with Crippen LogP contribution in [0.15, 0.2) is 42.6 Å². The molecule has 6 nitrogen and oxygen atoms in total. The molecule has 4 heterocycles. The first-order valence-electron chi connectivity index (χ1n) is 12.3. The number of amides is 1. The summed E-state index contributed by atoms with van der Waals surface area (Å²) < 4.78 is 0. The normalized spacial score (nSPS) is 25.5. The quantitative estimate of drug-likeness (QED) is 0.648. The van der Waals surface area contributed by atoms with Gasteiger partial charge in [-0.25, -0.2) is 4.98 Å². The second-order valence-electron chi connectivity index (χ2n) is 10.1. The summed E-state index contributed by atoms with van der Waals surface area (Å²) in [5, 5.41) is 1.12. The number of carbonyl (C=O) groups excluding carboxylic acids is 1. The number of nitrogens with two attached hydrogens (primary N) is 1. The van der Waals surface area contributed by atoms with Crippen LogP contribution in [0.2, 0.25) is 10.0 Å². The zero-order valence-corrected chi connectivity index (χ0v) is 21.0. The molecule has 1 unspecified atom stereocenters. The van der Waals surface area contributed by atoms with Crippen LogP contribution in [-0.4, -0.2) is 72.0 Å². The number of pyridine rings is 1. The molecule has 3 fully saturated rings. The summed E-state index contributed by atoms with van der Waals surface area (Å²) >= 11 is 12.7. The Bertz CT molecular complexity index is 1010. The second-order valence-corrected chi connectivity index (χ2v) is 10.9. The molecule has 0 spiro atoms. The van der Waals surface area contributed by atoms with E-state index in [-0.39, 0.29) is 11.3 Å². The van der Waals surface area contributed by atoms with E-state index in [1.165, 1.54) is 0 Å². The number of hydrogen-bond donors (Lipinski definition) is 1. The van der Waals surface area contributed by atoms with Gasteiger partial charge in [-0.15, -0.1) is 0 Å². The van der Waals surface area contributed by atoms with E-state index >= 15 is 0 Å². The summed E-state index contributed by atoms with van der Waals surface area (Å²) in [7, 11) is 0. The highest BCUT2D eigenvalue weighted by Gasteiger charge is 2.42. The van der Waals surface area contributed by atoms with Gasteiger partial charge in [-0.05, 0) is 62.1 Å². The van der Waals surface area contributed by atoms with Gasteiger partial charge in [-0.2, -0.15) is 0 Å². The summed E-state index contributed by atoms with van der Waals surface area (Å²) in [6.07, 6.45) is 6.20. The summed E-state index contributed by atoms with van der Waals surface area (Å²) in [6, 6.07) is 12.7. The SMILES string of the molecule is NC1CCN(C2CN(CCC3(c4ccc(Cl)c(Cl)c4)CCC(=O)N(c4ccccn4)C3)C2)CC1. The van der Waals surface area contributed by atoms with E-state index in [0.29, 0.717) is 40.9 Å². The lowest BCUT2D eigenvalue weighted by Crippen LogP contribution is -2.62. The first kappa shape index (κ1) is 24.0. The van der Waals surface area contributed by atoms with E-state index in [4.69, 9.17) is 28.9 Å². The highest BCUT2D eigenvalue weighted by molar-refractivity contribution is 6.42. The molecule has 8 heteroatoms. The predicted octanol–water partition coefficient (Wildman–Crippen LogP) is 3.95. The van der Waals surface area contributed by atoms with Crippen LogP contribution in [-0.2, 0) is 10.2 Å². The van der Waals surface area contributed by atoms with Gasteiger partial charge in [-0.1, -0.05) is 35.3 Å². The van der Waals surface area contributed by atoms with Crippen molar-refractivity contribution in [1.29, 1.82) is 0 Å². The Kier molecular flexibility index (Phi) is 7.14. The first-order chi connectivity index (χ1) is 16.4. The molecule has 1 aromatic carbocycles. The predicted molar refractivity (Wildman–Crippen MR) is 138 cm³/mol. The Balaban J connectivity index is 1.31. The third-order valence-corrected chi connectivity index (χ3v) is 8.71. The largest absolute Gasteiger partial charge is 0.328 e. The summed E-state index contributed by atoms with van der Waals surface area (Å²) in [6.45, 7) is 6.05. The van der Waals surface area contributed by atoms with Crippen molar-refractivity contribution in [1.82, 2.24) is 14.8 Å². The maximum Gasteiger partial charge on any atom is 0.228 e.